The van der Waals surface area contributed by atoms with E-state index in [4.69, 9.17) is 4.42 Å². The molecule has 0 fully saturated rings. The lowest BCUT2D eigenvalue weighted by Crippen LogP contribution is -2.23. The highest BCUT2D eigenvalue weighted by molar-refractivity contribution is 5.95. The van der Waals surface area contributed by atoms with Gasteiger partial charge in [-0.05, 0) is 36.8 Å². The second kappa shape index (κ2) is 6.64. The summed E-state index contributed by atoms with van der Waals surface area (Å²) in [5, 5.41) is 6.08. The molecule has 0 radical (unpaired) electrons. The normalized spacial score (nSPS) is 10.2. The zero-order chi connectivity index (χ0) is 13.5. The molecule has 2 N–H and O–H groups in total. The molecule has 0 saturated carbocycles. The fraction of sp³-hybridized carbons (Fsp3) is 0.267. The van der Waals surface area contributed by atoms with Crippen LogP contribution in [0.15, 0.2) is 47.1 Å². The number of carbonyl (C=O) groups is 1. The molecule has 19 heavy (non-hydrogen) atoms. The Labute approximate surface area is 112 Å². The van der Waals surface area contributed by atoms with Gasteiger partial charge in [0.05, 0.1) is 12.8 Å². The summed E-state index contributed by atoms with van der Waals surface area (Å²) in [5.41, 5.74) is 1.57. The first-order chi connectivity index (χ1) is 9.29. The van der Waals surface area contributed by atoms with Gasteiger partial charge in [0.15, 0.2) is 0 Å². The molecule has 0 aliphatic rings. The first kappa shape index (κ1) is 13.2. The van der Waals surface area contributed by atoms with Crippen molar-refractivity contribution in [3.63, 3.8) is 0 Å². The van der Waals surface area contributed by atoms with Crippen molar-refractivity contribution >= 4 is 11.6 Å². The number of hydrogen-bond donors (Lipinski definition) is 2. The maximum atomic E-state index is 11.8. The van der Waals surface area contributed by atoms with Crippen molar-refractivity contribution in [3.8, 4) is 0 Å². The van der Waals surface area contributed by atoms with Crippen molar-refractivity contribution in [1.82, 2.24) is 5.32 Å². The molecule has 2 aromatic rings. The summed E-state index contributed by atoms with van der Waals surface area (Å²) < 4.78 is 5.24. The molecule has 0 bridgehead atoms. The Hall–Kier alpha value is -2.23. The Morgan fingerprint density at radius 1 is 1.26 bits per heavy atom. The number of anilines is 1. The third kappa shape index (κ3) is 3.88. The summed E-state index contributed by atoms with van der Waals surface area (Å²) in [6.07, 6.45) is 2.58. The van der Waals surface area contributed by atoms with E-state index in [1.807, 2.05) is 43.3 Å². The molecule has 0 aliphatic heterocycles. The third-order valence-electron chi connectivity index (χ3n) is 2.71. The molecule has 0 aliphatic carbocycles. The molecule has 4 nitrogen and oxygen atoms in total. The van der Waals surface area contributed by atoms with Crippen LogP contribution in [0.25, 0.3) is 0 Å². The molecule has 1 amide bonds. The Morgan fingerprint density at radius 3 is 2.89 bits per heavy atom. The largest absolute Gasteiger partial charge is 0.467 e. The highest BCUT2D eigenvalue weighted by atomic mass is 16.3. The van der Waals surface area contributed by atoms with Crippen LogP contribution in [-0.2, 0) is 6.54 Å². The van der Waals surface area contributed by atoms with E-state index in [2.05, 4.69) is 10.6 Å². The van der Waals surface area contributed by atoms with Crippen LogP contribution in [0.4, 0.5) is 5.69 Å². The average Bonchev–Trinajstić information content (AvgIpc) is 2.96. The highest BCUT2D eigenvalue weighted by Gasteiger charge is 2.05. The van der Waals surface area contributed by atoms with E-state index in [-0.39, 0.29) is 5.91 Å². The van der Waals surface area contributed by atoms with Gasteiger partial charge in [-0.3, -0.25) is 4.79 Å². The number of furan rings is 1. The van der Waals surface area contributed by atoms with Gasteiger partial charge in [0.1, 0.15) is 5.76 Å². The number of nitrogens with one attached hydrogen (secondary N) is 2. The topological polar surface area (TPSA) is 54.3 Å². The fourth-order valence-corrected chi connectivity index (χ4v) is 1.71. The predicted molar refractivity (Wildman–Crippen MR) is 75.1 cm³/mol. The second-order valence-electron chi connectivity index (χ2n) is 4.27. The maximum absolute atomic E-state index is 11.8. The fourth-order valence-electron chi connectivity index (χ4n) is 1.71. The van der Waals surface area contributed by atoms with E-state index in [0.717, 1.165) is 17.9 Å². The van der Waals surface area contributed by atoms with Gasteiger partial charge in [-0.25, -0.2) is 0 Å². The summed E-state index contributed by atoms with van der Waals surface area (Å²) >= 11 is 0. The molecule has 100 valence electrons. The monoisotopic (exact) mass is 258 g/mol. The number of amides is 1. The van der Waals surface area contributed by atoms with Crippen molar-refractivity contribution in [1.29, 1.82) is 0 Å². The first-order valence-electron chi connectivity index (χ1n) is 6.44. The number of carbonyl (C=O) groups excluding carboxylic acids is 1. The van der Waals surface area contributed by atoms with Crippen LogP contribution < -0.4 is 10.6 Å². The van der Waals surface area contributed by atoms with Gasteiger partial charge >= 0.3 is 0 Å². The Kier molecular flexibility index (Phi) is 4.61. The molecule has 1 aromatic heterocycles. The summed E-state index contributed by atoms with van der Waals surface area (Å²) in [6.45, 7) is 3.33. The molecule has 0 saturated heterocycles. The maximum Gasteiger partial charge on any atom is 0.251 e. The molecule has 2 rings (SSSR count). The Balaban J connectivity index is 1.96. The summed E-state index contributed by atoms with van der Waals surface area (Å²) in [4.78, 5) is 11.8. The van der Waals surface area contributed by atoms with Crippen molar-refractivity contribution in [2.75, 3.05) is 11.9 Å². The SMILES string of the molecule is CCCNC(=O)c1cccc(NCc2ccco2)c1. The van der Waals surface area contributed by atoms with Crippen LogP contribution in [0.3, 0.4) is 0 Å². The van der Waals surface area contributed by atoms with Crippen LogP contribution >= 0.6 is 0 Å². The lowest BCUT2D eigenvalue weighted by atomic mass is 10.2. The molecule has 0 unspecified atom stereocenters. The van der Waals surface area contributed by atoms with E-state index in [9.17, 15) is 4.79 Å². The predicted octanol–water partition coefficient (Wildman–Crippen LogP) is 3.03. The Morgan fingerprint density at radius 2 is 2.16 bits per heavy atom. The van der Waals surface area contributed by atoms with Crippen LogP contribution in [0, 0.1) is 0 Å². The van der Waals surface area contributed by atoms with E-state index >= 15 is 0 Å². The standard InChI is InChI=1S/C15H18N2O2/c1-2-8-16-15(18)12-5-3-6-13(10-12)17-11-14-7-4-9-19-14/h3-7,9-10,17H,2,8,11H2,1H3,(H,16,18). The molecular formula is C15H18N2O2. The lowest BCUT2D eigenvalue weighted by molar-refractivity contribution is 0.0953. The first-order valence-corrected chi connectivity index (χ1v) is 6.44. The van der Waals surface area contributed by atoms with Crippen LogP contribution in [0.2, 0.25) is 0 Å². The molecular weight excluding hydrogens is 240 g/mol. The smallest absolute Gasteiger partial charge is 0.251 e. The van der Waals surface area contributed by atoms with E-state index < -0.39 is 0 Å². The van der Waals surface area contributed by atoms with Crippen molar-refractivity contribution in [3.05, 3.63) is 54.0 Å². The van der Waals surface area contributed by atoms with E-state index in [1.165, 1.54) is 0 Å². The molecule has 1 aromatic carbocycles. The van der Waals surface area contributed by atoms with Gasteiger partial charge in [0.25, 0.3) is 5.91 Å². The van der Waals surface area contributed by atoms with Crippen LogP contribution in [0.1, 0.15) is 29.5 Å². The minimum atomic E-state index is -0.0384. The van der Waals surface area contributed by atoms with Crippen LogP contribution in [0.5, 0.6) is 0 Å². The van der Waals surface area contributed by atoms with Gasteiger partial charge in [0, 0.05) is 17.8 Å². The van der Waals surface area contributed by atoms with Crippen molar-refractivity contribution < 1.29 is 9.21 Å². The minimum absolute atomic E-state index is 0.0384. The van der Waals surface area contributed by atoms with Gasteiger partial charge in [0.2, 0.25) is 0 Å². The van der Waals surface area contributed by atoms with Crippen molar-refractivity contribution in [2.45, 2.75) is 19.9 Å². The van der Waals surface area contributed by atoms with Crippen LogP contribution in [-0.4, -0.2) is 12.5 Å². The summed E-state index contributed by atoms with van der Waals surface area (Å²) in [5.74, 6) is 0.823. The zero-order valence-electron chi connectivity index (χ0n) is 11.0. The number of benzene rings is 1. The Bertz CT molecular complexity index is 521. The molecule has 1 heterocycles. The van der Waals surface area contributed by atoms with Gasteiger partial charge < -0.3 is 15.1 Å². The van der Waals surface area contributed by atoms with Crippen molar-refractivity contribution in [2.24, 2.45) is 0 Å². The second-order valence-corrected chi connectivity index (χ2v) is 4.27. The van der Waals surface area contributed by atoms with Gasteiger partial charge in [-0.1, -0.05) is 13.0 Å². The summed E-state index contributed by atoms with van der Waals surface area (Å²) in [7, 11) is 0. The van der Waals surface area contributed by atoms with E-state index in [0.29, 0.717) is 18.7 Å². The average molecular weight is 258 g/mol. The highest BCUT2D eigenvalue weighted by Crippen LogP contribution is 2.12. The van der Waals surface area contributed by atoms with Gasteiger partial charge in [-0.2, -0.15) is 0 Å². The molecule has 4 heteroatoms. The zero-order valence-corrected chi connectivity index (χ0v) is 11.0. The number of rotatable bonds is 6. The molecule has 0 spiro atoms. The van der Waals surface area contributed by atoms with E-state index in [1.54, 1.807) is 6.26 Å². The summed E-state index contributed by atoms with van der Waals surface area (Å²) in [6, 6.07) is 11.2. The minimum Gasteiger partial charge on any atom is -0.467 e. The lowest BCUT2D eigenvalue weighted by Gasteiger charge is -2.07. The third-order valence-corrected chi connectivity index (χ3v) is 2.71. The molecule has 0 atom stereocenters. The number of hydrogen-bond acceptors (Lipinski definition) is 3. The quantitative estimate of drug-likeness (QED) is 0.837. The van der Waals surface area contributed by atoms with Gasteiger partial charge in [-0.15, -0.1) is 0 Å².